The molecule has 0 aliphatic heterocycles. The Labute approximate surface area is 91.7 Å². The first kappa shape index (κ1) is 12.1. The zero-order valence-electron chi connectivity index (χ0n) is 8.63. The number of carbonyl (C=O) groups is 1. The van der Waals surface area contributed by atoms with E-state index < -0.39 is 17.5 Å². The van der Waals surface area contributed by atoms with Crippen LogP contribution in [0.4, 0.5) is 8.78 Å². The monoisotopic (exact) mass is 224 g/mol. The second kappa shape index (κ2) is 5.21. The summed E-state index contributed by atoms with van der Waals surface area (Å²) in [6.07, 6.45) is 0.162. The van der Waals surface area contributed by atoms with Crippen LogP contribution in [0.2, 0.25) is 0 Å². The minimum Gasteiger partial charge on any atom is -0.349 e. The molecule has 0 aliphatic rings. The summed E-state index contributed by atoms with van der Waals surface area (Å²) >= 11 is 0. The van der Waals surface area contributed by atoms with Crippen molar-refractivity contribution in [3.05, 3.63) is 35.4 Å². The molecule has 5 heteroatoms. The normalized spacial score (nSPS) is 11.6. The Morgan fingerprint density at radius 3 is 2.75 bits per heavy atom. The van der Waals surface area contributed by atoms with Gasteiger partial charge >= 0.3 is 0 Å². The van der Waals surface area contributed by atoms with Crippen molar-refractivity contribution in [2.45, 2.75) is 19.4 Å². The third kappa shape index (κ3) is 3.02. The average molecular weight is 224 g/mol. The summed E-state index contributed by atoms with van der Waals surface area (Å²) in [5.41, 5.74) is 0.0312. The number of hydrogen-bond acceptors (Lipinski definition) is 2. The Kier molecular flexibility index (Phi) is 3.95. The standard InChI is InChI=1S/C11H10F2N2O/c1-7(4-5-14)15-11(16)8-2-3-9(12)10(13)6-8/h2-3,6-7H,4H2,1H3,(H,15,16). The maximum absolute atomic E-state index is 12.8. The van der Waals surface area contributed by atoms with E-state index in [1.54, 1.807) is 6.92 Å². The van der Waals surface area contributed by atoms with E-state index >= 15 is 0 Å². The molecular weight excluding hydrogens is 214 g/mol. The number of rotatable bonds is 3. The molecule has 0 bridgehead atoms. The Balaban J connectivity index is 2.74. The average Bonchev–Trinajstić information content (AvgIpc) is 2.22. The van der Waals surface area contributed by atoms with Gasteiger partial charge in [-0.15, -0.1) is 0 Å². The zero-order valence-corrected chi connectivity index (χ0v) is 8.63. The number of hydrogen-bond donors (Lipinski definition) is 1. The molecule has 0 aliphatic carbocycles. The highest BCUT2D eigenvalue weighted by Gasteiger charge is 2.11. The lowest BCUT2D eigenvalue weighted by molar-refractivity contribution is 0.0940. The van der Waals surface area contributed by atoms with Crippen LogP contribution in [0.5, 0.6) is 0 Å². The van der Waals surface area contributed by atoms with Gasteiger partial charge < -0.3 is 5.32 Å². The van der Waals surface area contributed by atoms with E-state index in [4.69, 9.17) is 5.26 Å². The Hall–Kier alpha value is -1.96. The van der Waals surface area contributed by atoms with Crippen molar-refractivity contribution in [1.82, 2.24) is 5.32 Å². The van der Waals surface area contributed by atoms with Gasteiger partial charge in [0.15, 0.2) is 11.6 Å². The lowest BCUT2D eigenvalue weighted by Crippen LogP contribution is -2.32. The Bertz CT molecular complexity index is 440. The predicted octanol–water partition coefficient (Wildman–Crippen LogP) is 2.00. The number of carbonyl (C=O) groups excluding carboxylic acids is 1. The molecular formula is C11H10F2N2O. The second-order valence-corrected chi connectivity index (χ2v) is 3.37. The minimum atomic E-state index is -1.07. The van der Waals surface area contributed by atoms with Crippen LogP contribution in [0.3, 0.4) is 0 Å². The second-order valence-electron chi connectivity index (χ2n) is 3.37. The number of benzene rings is 1. The van der Waals surface area contributed by atoms with Crippen molar-refractivity contribution < 1.29 is 13.6 Å². The van der Waals surface area contributed by atoms with E-state index in [2.05, 4.69) is 5.32 Å². The van der Waals surface area contributed by atoms with E-state index in [-0.39, 0.29) is 18.0 Å². The summed E-state index contributed by atoms with van der Waals surface area (Å²) in [6.45, 7) is 1.65. The van der Waals surface area contributed by atoms with Crippen LogP contribution >= 0.6 is 0 Å². The topological polar surface area (TPSA) is 52.9 Å². The Morgan fingerprint density at radius 1 is 1.50 bits per heavy atom. The molecule has 0 fully saturated rings. The van der Waals surface area contributed by atoms with Crippen molar-refractivity contribution in [2.24, 2.45) is 0 Å². The molecule has 1 unspecified atom stereocenters. The van der Waals surface area contributed by atoms with E-state index in [1.165, 1.54) is 6.07 Å². The van der Waals surface area contributed by atoms with Crippen LogP contribution in [0.25, 0.3) is 0 Å². The van der Waals surface area contributed by atoms with Gasteiger partial charge in [-0.2, -0.15) is 5.26 Å². The molecule has 0 spiro atoms. The van der Waals surface area contributed by atoms with Crippen LogP contribution in [-0.2, 0) is 0 Å². The first-order valence-corrected chi connectivity index (χ1v) is 4.67. The van der Waals surface area contributed by atoms with Gasteiger partial charge in [-0.3, -0.25) is 4.79 Å². The van der Waals surface area contributed by atoms with Crippen molar-refractivity contribution in [3.8, 4) is 6.07 Å². The molecule has 3 nitrogen and oxygen atoms in total. The molecule has 0 saturated carbocycles. The summed E-state index contributed by atoms with van der Waals surface area (Å²) < 4.78 is 25.4. The van der Waals surface area contributed by atoms with Crippen LogP contribution in [0, 0.1) is 23.0 Å². The molecule has 0 radical (unpaired) electrons. The van der Waals surface area contributed by atoms with E-state index in [0.717, 1.165) is 12.1 Å². The summed E-state index contributed by atoms with van der Waals surface area (Å²) in [4.78, 5) is 11.5. The highest BCUT2D eigenvalue weighted by atomic mass is 19.2. The highest BCUT2D eigenvalue weighted by Crippen LogP contribution is 2.08. The first-order valence-electron chi connectivity index (χ1n) is 4.67. The lowest BCUT2D eigenvalue weighted by Gasteiger charge is -2.10. The van der Waals surface area contributed by atoms with Crippen LogP contribution in [-0.4, -0.2) is 11.9 Å². The SMILES string of the molecule is CC(CC#N)NC(=O)c1ccc(F)c(F)c1. The largest absolute Gasteiger partial charge is 0.349 e. The van der Waals surface area contributed by atoms with E-state index in [0.29, 0.717) is 0 Å². The van der Waals surface area contributed by atoms with Gasteiger partial charge in [-0.05, 0) is 25.1 Å². The van der Waals surface area contributed by atoms with Crippen LogP contribution in [0.1, 0.15) is 23.7 Å². The van der Waals surface area contributed by atoms with Crippen molar-refractivity contribution in [2.75, 3.05) is 0 Å². The Morgan fingerprint density at radius 2 is 2.19 bits per heavy atom. The van der Waals surface area contributed by atoms with Crippen LogP contribution < -0.4 is 5.32 Å². The molecule has 1 N–H and O–H groups in total. The van der Waals surface area contributed by atoms with Crippen LogP contribution in [0.15, 0.2) is 18.2 Å². The fraction of sp³-hybridized carbons (Fsp3) is 0.273. The molecule has 1 aromatic rings. The molecule has 0 heterocycles. The molecule has 1 rings (SSSR count). The van der Waals surface area contributed by atoms with Gasteiger partial charge in [0.25, 0.3) is 5.91 Å². The van der Waals surface area contributed by atoms with Crippen molar-refractivity contribution in [3.63, 3.8) is 0 Å². The molecule has 84 valence electrons. The smallest absolute Gasteiger partial charge is 0.251 e. The van der Waals surface area contributed by atoms with Gasteiger partial charge in [0.1, 0.15) is 0 Å². The number of nitriles is 1. The number of nitrogens with one attached hydrogen (secondary N) is 1. The summed E-state index contributed by atoms with van der Waals surface area (Å²) in [7, 11) is 0. The molecule has 0 aromatic heterocycles. The van der Waals surface area contributed by atoms with Gasteiger partial charge in [-0.25, -0.2) is 8.78 Å². The fourth-order valence-corrected chi connectivity index (χ4v) is 1.13. The molecule has 0 saturated heterocycles. The zero-order chi connectivity index (χ0) is 12.1. The summed E-state index contributed by atoms with van der Waals surface area (Å²) in [6, 6.07) is 4.47. The number of halogens is 2. The molecule has 1 amide bonds. The maximum Gasteiger partial charge on any atom is 0.251 e. The van der Waals surface area contributed by atoms with Crippen molar-refractivity contribution >= 4 is 5.91 Å². The van der Waals surface area contributed by atoms with Gasteiger partial charge in [-0.1, -0.05) is 0 Å². The van der Waals surface area contributed by atoms with Crippen molar-refractivity contribution in [1.29, 1.82) is 5.26 Å². The van der Waals surface area contributed by atoms with Gasteiger partial charge in [0.2, 0.25) is 0 Å². The third-order valence-electron chi connectivity index (χ3n) is 1.96. The summed E-state index contributed by atoms with van der Waals surface area (Å²) in [5.74, 6) is -2.59. The van der Waals surface area contributed by atoms with Gasteiger partial charge in [0.05, 0.1) is 12.5 Å². The quantitative estimate of drug-likeness (QED) is 0.853. The third-order valence-corrected chi connectivity index (χ3v) is 1.96. The maximum atomic E-state index is 12.8. The number of nitrogens with zero attached hydrogens (tertiary/aromatic N) is 1. The molecule has 1 atom stereocenters. The van der Waals surface area contributed by atoms with E-state index in [1.807, 2.05) is 6.07 Å². The first-order chi connectivity index (χ1) is 7.54. The highest BCUT2D eigenvalue weighted by molar-refractivity contribution is 5.94. The predicted molar refractivity (Wildman–Crippen MR) is 53.5 cm³/mol. The fourth-order valence-electron chi connectivity index (χ4n) is 1.13. The van der Waals surface area contributed by atoms with Gasteiger partial charge in [0, 0.05) is 11.6 Å². The molecule has 1 aromatic carbocycles. The minimum absolute atomic E-state index is 0.0312. The number of amides is 1. The lowest BCUT2D eigenvalue weighted by atomic mass is 10.1. The van der Waals surface area contributed by atoms with E-state index in [9.17, 15) is 13.6 Å². The summed E-state index contributed by atoms with van der Waals surface area (Å²) in [5, 5.41) is 10.9. The molecule has 16 heavy (non-hydrogen) atoms.